The number of aliphatic hydroxyl groups excluding tert-OH is 3. The molecule has 0 saturated heterocycles. The molecule has 0 spiro atoms. The van der Waals surface area contributed by atoms with Crippen molar-refractivity contribution in [3.63, 3.8) is 0 Å². The minimum atomic E-state index is -0.677. The van der Waals surface area contributed by atoms with Gasteiger partial charge in [-0.2, -0.15) is 0 Å². The summed E-state index contributed by atoms with van der Waals surface area (Å²) in [6, 6.07) is 19.6. The second-order valence-corrected chi connectivity index (χ2v) is 5.99. The maximum atomic E-state index is 11.2. The first-order valence-electron chi connectivity index (χ1n) is 8.25. The van der Waals surface area contributed by atoms with Crippen LogP contribution in [0.2, 0.25) is 0 Å². The molecule has 0 fully saturated rings. The number of benzene rings is 2. The van der Waals surface area contributed by atoms with E-state index in [-0.39, 0.29) is 13.2 Å². The summed E-state index contributed by atoms with van der Waals surface area (Å²) in [5.41, 5.74) is 1.42. The molecule has 0 aliphatic carbocycles. The molecule has 2 aromatic carbocycles. The standard InChI is InChI=1S/C20H26O3/c21-15-7-13-20(14-8-16-22,18-11-5-2-6-12-18)19(23)17-9-3-1-4-10-17/h1-6,9-12,19,21-23H,7-8,13-16H2. The first-order chi connectivity index (χ1) is 11.2. The minimum absolute atomic E-state index is 0.0925. The summed E-state index contributed by atoms with van der Waals surface area (Å²) in [5.74, 6) is 0. The van der Waals surface area contributed by atoms with Gasteiger partial charge in [-0.25, -0.2) is 0 Å². The molecule has 3 heteroatoms. The Hall–Kier alpha value is -1.68. The first-order valence-corrected chi connectivity index (χ1v) is 8.25. The van der Waals surface area contributed by atoms with E-state index in [0.29, 0.717) is 25.7 Å². The first kappa shape index (κ1) is 17.7. The third kappa shape index (κ3) is 4.20. The molecule has 124 valence electrons. The Kier molecular flexibility index (Phi) is 6.78. The Labute approximate surface area is 138 Å². The highest BCUT2D eigenvalue weighted by molar-refractivity contribution is 5.32. The summed E-state index contributed by atoms with van der Waals surface area (Å²) in [4.78, 5) is 0. The summed E-state index contributed by atoms with van der Waals surface area (Å²) in [6.07, 6.45) is 1.89. The van der Waals surface area contributed by atoms with Gasteiger partial charge < -0.3 is 15.3 Å². The lowest BCUT2D eigenvalue weighted by atomic mass is 9.67. The maximum Gasteiger partial charge on any atom is 0.0886 e. The average molecular weight is 314 g/mol. The molecule has 0 aliphatic heterocycles. The van der Waals surface area contributed by atoms with Crippen LogP contribution in [0, 0.1) is 0 Å². The van der Waals surface area contributed by atoms with Gasteiger partial charge in [-0.15, -0.1) is 0 Å². The van der Waals surface area contributed by atoms with Crippen molar-refractivity contribution < 1.29 is 15.3 Å². The average Bonchev–Trinajstić information content (AvgIpc) is 2.63. The lowest BCUT2D eigenvalue weighted by Crippen LogP contribution is -2.34. The van der Waals surface area contributed by atoms with Crippen LogP contribution < -0.4 is 0 Å². The lowest BCUT2D eigenvalue weighted by Gasteiger charge is -2.39. The van der Waals surface area contributed by atoms with Crippen LogP contribution in [-0.4, -0.2) is 28.5 Å². The Morgan fingerprint density at radius 3 is 1.70 bits per heavy atom. The van der Waals surface area contributed by atoms with E-state index in [2.05, 4.69) is 0 Å². The van der Waals surface area contributed by atoms with Gasteiger partial charge in [0.2, 0.25) is 0 Å². The molecule has 0 aromatic heterocycles. The van der Waals surface area contributed by atoms with Gasteiger partial charge >= 0.3 is 0 Å². The van der Waals surface area contributed by atoms with Crippen molar-refractivity contribution in [3.05, 3.63) is 71.8 Å². The van der Waals surface area contributed by atoms with Crippen molar-refractivity contribution in [1.29, 1.82) is 0 Å². The van der Waals surface area contributed by atoms with Gasteiger partial charge in [0.05, 0.1) is 6.10 Å². The molecule has 0 bridgehead atoms. The van der Waals surface area contributed by atoms with Crippen LogP contribution in [0.5, 0.6) is 0 Å². The topological polar surface area (TPSA) is 60.7 Å². The van der Waals surface area contributed by atoms with Crippen LogP contribution in [0.3, 0.4) is 0 Å². The number of hydrogen-bond donors (Lipinski definition) is 3. The Balaban J connectivity index is 2.46. The second-order valence-electron chi connectivity index (χ2n) is 5.99. The van der Waals surface area contributed by atoms with E-state index in [1.54, 1.807) is 0 Å². The predicted octanol–water partition coefficient (Wildman–Crippen LogP) is 3.20. The Bertz CT molecular complexity index is 546. The summed E-state index contributed by atoms with van der Waals surface area (Å²) < 4.78 is 0. The van der Waals surface area contributed by atoms with E-state index >= 15 is 0 Å². The SMILES string of the molecule is OCCCC(CCCO)(c1ccccc1)C(O)c1ccccc1. The molecule has 2 aromatic rings. The smallest absolute Gasteiger partial charge is 0.0886 e. The number of hydrogen-bond acceptors (Lipinski definition) is 3. The van der Waals surface area contributed by atoms with E-state index in [9.17, 15) is 15.3 Å². The van der Waals surface area contributed by atoms with Crippen molar-refractivity contribution in [3.8, 4) is 0 Å². The molecule has 2 rings (SSSR count). The molecule has 0 radical (unpaired) electrons. The summed E-state index contributed by atoms with van der Waals surface area (Å²) in [6.45, 7) is 0.185. The van der Waals surface area contributed by atoms with Crippen LogP contribution in [-0.2, 0) is 5.41 Å². The van der Waals surface area contributed by atoms with Crippen LogP contribution in [0.1, 0.15) is 42.9 Å². The van der Waals surface area contributed by atoms with E-state index in [1.807, 2.05) is 60.7 Å². The zero-order chi connectivity index (χ0) is 16.5. The van der Waals surface area contributed by atoms with Gasteiger partial charge in [-0.05, 0) is 36.8 Å². The highest BCUT2D eigenvalue weighted by Crippen LogP contribution is 2.44. The zero-order valence-corrected chi connectivity index (χ0v) is 13.4. The van der Waals surface area contributed by atoms with Gasteiger partial charge in [0, 0.05) is 18.6 Å². The summed E-state index contributed by atoms with van der Waals surface area (Å²) in [7, 11) is 0. The summed E-state index contributed by atoms with van der Waals surface area (Å²) >= 11 is 0. The summed E-state index contributed by atoms with van der Waals surface area (Å²) in [5, 5.41) is 29.8. The van der Waals surface area contributed by atoms with E-state index in [0.717, 1.165) is 11.1 Å². The third-order valence-corrected chi connectivity index (χ3v) is 4.55. The van der Waals surface area contributed by atoms with Crippen LogP contribution in [0.4, 0.5) is 0 Å². The molecule has 1 unspecified atom stereocenters. The van der Waals surface area contributed by atoms with E-state index in [4.69, 9.17) is 0 Å². The molecule has 1 atom stereocenters. The van der Waals surface area contributed by atoms with Crippen molar-refractivity contribution in [2.24, 2.45) is 0 Å². The number of rotatable bonds is 9. The lowest BCUT2D eigenvalue weighted by molar-refractivity contribution is 0.0566. The fourth-order valence-corrected chi connectivity index (χ4v) is 3.36. The van der Waals surface area contributed by atoms with E-state index in [1.165, 1.54) is 0 Å². The van der Waals surface area contributed by atoms with Gasteiger partial charge in [0.15, 0.2) is 0 Å². The van der Waals surface area contributed by atoms with Gasteiger partial charge in [0.25, 0.3) is 0 Å². The highest BCUT2D eigenvalue weighted by atomic mass is 16.3. The second kappa shape index (κ2) is 8.82. The Morgan fingerprint density at radius 1 is 0.739 bits per heavy atom. The quantitative estimate of drug-likeness (QED) is 0.666. The fraction of sp³-hybridized carbons (Fsp3) is 0.400. The number of aliphatic hydroxyl groups is 3. The molecule has 0 saturated carbocycles. The van der Waals surface area contributed by atoms with Gasteiger partial charge in [-0.1, -0.05) is 60.7 Å². The normalized spacial score (nSPS) is 13.0. The fourth-order valence-electron chi connectivity index (χ4n) is 3.36. The van der Waals surface area contributed by atoms with Gasteiger partial charge in [-0.3, -0.25) is 0 Å². The molecule has 0 aliphatic rings. The predicted molar refractivity (Wildman–Crippen MR) is 92.2 cm³/mol. The molecule has 23 heavy (non-hydrogen) atoms. The van der Waals surface area contributed by atoms with Crippen LogP contribution in [0.25, 0.3) is 0 Å². The highest BCUT2D eigenvalue weighted by Gasteiger charge is 2.39. The Morgan fingerprint density at radius 2 is 1.22 bits per heavy atom. The van der Waals surface area contributed by atoms with Crippen molar-refractivity contribution >= 4 is 0 Å². The molecule has 3 nitrogen and oxygen atoms in total. The molecule has 3 N–H and O–H groups in total. The van der Waals surface area contributed by atoms with Crippen molar-refractivity contribution in [1.82, 2.24) is 0 Å². The van der Waals surface area contributed by atoms with Crippen LogP contribution >= 0.6 is 0 Å². The van der Waals surface area contributed by atoms with E-state index < -0.39 is 11.5 Å². The minimum Gasteiger partial charge on any atom is -0.396 e. The van der Waals surface area contributed by atoms with Crippen molar-refractivity contribution in [2.75, 3.05) is 13.2 Å². The largest absolute Gasteiger partial charge is 0.396 e. The maximum absolute atomic E-state index is 11.2. The molecular weight excluding hydrogens is 288 g/mol. The van der Waals surface area contributed by atoms with Gasteiger partial charge in [0.1, 0.15) is 0 Å². The molecule has 0 amide bonds. The van der Waals surface area contributed by atoms with Crippen LogP contribution in [0.15, 0.2) is 60.7 Å². The molecular formula is C20H26O3. The molecule has 0 heterocycles. The van der Waals surface area contributed by atoms with Crippen molar-refractivity contribution in [2.45, 2.75) is 37.2 Å². The zero-order valence-electron chi connectivity index (χ0n) is 13.4. The third-order valence-electron chi connectivity index (χ3n) is 4.55. The monoisotopic (exact) mass is 314 g/mol.